The summed E-state index contributed by atoms with van der Waals surface area (Å²) in [4.78, 5) is 3.34. The van der Waals surface area contributed by atoms with Crippen LogP contribution in [0.25, 0.3) is 0 Å². The zero-order valence-electron chi connectivity index (χ0n) is 4.29. The Labute approximate surface area is 46.5 Å². The predicted octanol–water partition coefficient (Wildman–Crippen LogP) is -2.10. The first-order valence-electron chi connectivity index (χ1n) is 2.06. The summed E-state index contributed by atoms with van der Waals surface area (Å²) in [7, 11) is 0. The highest BCUT2D eigenvalue weighted by Crippen LogP contribution is 2.34. The number of nitrogens with two attached hydrogens (primary N) is 3. The van der Waals surface area contributed by atoms with Gasteiger partial charge in [-0.1, -0.05) is 0 Å². The Balaban J connectivity index is 2.68. The minimum Gasteiger partial charge on any atom is -0.295 e. The molecule has 1 aliphatic heterocycles. The van der Waals surface area contributed by atoms with Gasteiger partial charge in [-0.05, 0) is 6.72 Å². The highest BCUT2D eigenvalue weighted by molar-refractivity contribution is 5.28. The molecule has 0 aromatic rings. The molecule has 5 heteroatoms. The van der Waals surface area contributed by atoms with Gasteiger partial charge in [0.1, 0.15) is 0 Å². The molecule has 0 aromatic carbocycles. The number of aliphatic imine (C=N–C) groups is 1. The highest BCUT2D eigenvalue weighted by Gasteiger charge is 2.64. The third-order valence-electron chi connectivity index (χ3n) is 1.08. The molecule has 0 bridgehead atoms. The van der Waals surface area contributed by atoms with Gasteiger partial charge in [-0.2, -0.15) is 0 Å². The quantitative estimate of drug-likeness (QED) is 0.207. The van der Waals surface area contributed by atoms with Gasteiger partial charge in [-0.15, -0.1) is 0 Å². The smallest absolute Gasteiger partial charge is 0.274 e. The monoisotopic (exact) mass is 116 g/mol. The Morgan fingerprint density at radius 1 is 1.38 bits per heavy atom. The van der Waals surface area contributed by atoms with E-state index in [9.17, 15) is 0 Å². The van der Waals surface area contributed by atoms with Crippen LogP contribution in [0.1, 0.15) is 0 Å². The Hall–Kier alpha value is -0.490. The molecule has 6 N–H and O–H groups in total. The van der Waals surface area contributed by atoms with Gasteiger partial charge in [0.15, 0.2) is 0 Å². The number of epoxide rings is 1. The van der Waals surface area contributed by atoms with Crippen LogP contribution in [0.2, 0.25) is 0 Å². The number of nitrogens with zero attached hydrogens (tertiary/aromatic N) is 1. The van der Waals surface area contributed by atoms with Crippen molar-refractivity contribution in [2.24, 2.45) is 22.2 Å². The number of ether oxygens (including phenoxy) is 1. The summed E-state index contributed by atoms with van der Waals surface area (Å²) in [5.41, 5.74) is 15.5. The van der Waals surface area contributed by atoms with Crippen LogP contribution in [0.3, 0.4) is 0 Å². The van der Waals surface area contributed by atoms with Crippen molar-refractivity contribution < 1.29 is 4.74 Å². The Kier molecular flexibility index (Phi) is 0.764. The molecule has 0 saturated carbocycles. The highest BCUT2D eigenvalue weighted by atomic mass is 16.7. The Bertz CT molecular complexity index is 133. The fourth-order valence-electron chi connectivity index (χ4n) is 0.388. The van der Waals surface area contributed by atoms with Crippen LogP contribution >= 0.6 is 0 Å². The molecule has 46 valence electrons. The zero-order valence-corrected chi connectivity index (χ0v) is 4.29. The fraction of sp³-hybridized carbons (Fsp3) is 0.667. The maximum Gasteiger partial charge on any atom is 0.274 e. The third-order valence-corrected chi connectivity index (χ3v) is 1.08. The third kappa shape index (κ3) is 0.466. The van der Waals surface area contributed by atoms with E-state index in [0.29, 0.717) is 0 Å². The average Bonchev–Trinajstić information content (AvgIpc) is 2.10. The molecule has 0 aromatic heterocycles. The lowest BCUT2D eigenvalue weighted by Crippen LogP contribution is -2.46. The second-order valence-electron chi connectivity index (χ2n) is 1.75. The average molecular weight is 116 g/mol. The summed E-state index contributed by atoms with van der Waals surface area (Å²) >= 11 is 0. The lowest BCUT2D eigenvalue weighted by Gasteiger charge is -1.97. The lowest BCUT2D eigenvalue weighted by atomic mass is 10.4. The number of rotatable bonds is 1. The van der Waals surface area contributed by atoms with Crippen molar-refractivity contribution >= 4 is 6.72 Å². The second kappa shape index (κ2) is 1.08. The van der Waals surface area contributed by atoms with Crippen molar-refractivity contribution in [2.45, 2.75) is 11.7 Å². The van der Waals surface area contributed by atoms with E-state index in [1.807, 2.05) is 0 Å². The van der Waals surface area contributed by atoms with Gasteiger partial charge >= 0.3 is 0 Å². The van der Waals surface area contributed by atoms with E-state index in [0.717, 1.165) is 0 Å². The van der Waals surface area contributed by atoms with Crippen LogP contribution < -0.4 is 17.2 Å². The molecule has 1 atom stereocenters. The molecule has 1 aliphatic rings. The minimum atomic E-state index is -1.30. The molecule has 0 aliphatic carbocycles. The summed E-state index contributed by atoms with van der Waals surface area (Å²) in [5, 5.41) is 0. The van der Waals surface area contributed by atoms with Gasteiger partial charge in [0.05, 0.1) is 0 Å². The van der Waals surface area contributed by atoms with Crippen molar-refractivity contribution in [3.63, 3.8) is 0 Å². The van der Waals surface area contributed by atoms with Crippen LogP contribution in [0, 0.1) is 0 Å². The first kappa shape index (κ1) is 5.64. The van der Waals surface area contributed by atoms with Crippen LogP contribution in [0.4, 0.5) is 0 Å². The molecule has 1 rings (SSSR count). The van der Waals surface area contributed by atoms with Crippen molar-refractivity contribution in [2.75, 3.05) is 0 Å². The lowest BCUT2D eigenvalue weighted by molar-refractivity contribution is 0.273. The van der Waals surface area contributed by atoms with Gasteiger partial charge in [0.25, 0.3) is 5.85 Å². The van der Waals surface area contributed by atoms with Gasteiger partial charge < -0.3 is 0 Å². The van der Waals surface area contributed by atoms with Gasteiger partial charge in [-0.3, -0.25) is 21.9 Å². The molecule has 0 amide bonds. The molecule has 0 spiro atoms. The van der Waals surface area contributed by atoms with Gasteiger partial charge in [-0.25, -0.2) is 4.99 Å². The van der Waals surface area contributed by atoms with E-state index in [1.54, 1.807) is 0 Å². The summed E-state index contributed by atoms with van der Waals surface area (Å²) in [5.74, 6) is -2.54. The van der Waals surface area contributed by atoms with Crippen molar-refractivity contribution in [1.29, 1.82) is 0 Å². The molecular formula is C3H8N4O. The SMILES string of the molecule is C=NC1(N)OC1(N)N. The molecule has 1 fully saturated rings. The maximum absolute atomic E-state index is 5.22. The fourth-order valence-corrected chi connectivity index (χ4v) is 0.388. The number of hydrogen-bond donors (Lipinski definition) is 3. The van der Waals surface area contributed by atoms with Crippen LogP contribution in [0.15, 0.2) is 4.99 Å². The van der Waals surface area contributed by atoms with E-state index in [4.69, 9.17) is 17.2 Å². The molecule has 1 heterocycles. The molecule has 0 radical (unpaired) electrons. The van der Waals surface area contributed by atoms with Crippen molar-refractivity contribution in [1.82, 2.24) is 0 Å². The molecular weight excluding hydrogens is 108 g/mol. The van der Waals surface area contributed by atoms with E-state index in [1.165, 1.54) is 0 Å². The van der Waals surface area contributed by atoms with Crippen molar-refractivity contribution in [3.05, 3.63) is 0 Å². The molecule has 8 heavy (non-hydrogen) atoms. The molecule has 1 unspecified atom stereocenters. The predicted molar refractivity (Wildman–Crippen MR) is 28.7 cm³/mol. The molecule has 5 nitrogen and oxygen atoms in total. The second-order valence-corrected chi connectivity index (χ2v) is 1.75. The van der Waals surface area contributed by atoms with E-state index in [2.05, 4.69) is 16.4 Å². The zero-order chi connectivity index (χ0) is 6.41. The van der Waals surface area contributed by atoms with Crippen LogP contribution in [-0.2, 0) is 4.74 Å². The summed E-state index contributed by atoms with van der Waals surface area (Å²) < 4.78 is 4.55. The topological polar surface area (TPSA) is 103 Å². The largest absolute Gasteiger partial charge is 0.295 e. The normalized spacial score (nSPS) is 41.4. The van der Waals surface area contributed by atoms with Crippen LogP contribution in [0.5, 0.6) is 0 Å². The van der Waals surface area contributed by atoms with E-state index < -0.39 is 11.7 Å². The van der Waals surface area contributed by atoms with Gasteiger partial charge in [0.2, 0.25) is 5.85 Å². The first-order chi connectivity index (χ1) is 3.52. The Morgan fingerprint density at radius 3 is 1.75 bits per heavy atom. The minimum absolute atomic E-state index is 1.24. The standard InChI is InChI=1S/C3H8N4O/c1-7-3(6)2(4,5)8-3/h1,4-6H2. The van der Waals surface area contributed by atoms with Crippen molar-refractivity contribution in [3.8, 4) is 0 Å². The summed E-state index contributed by atoms with van der Waals surface area (Å²) in [6, 6.07) is 0. The van der Waals surface area contributed by atoms with E-state index >= 15 is 0 Å². The number of hydrogen-bond acceptors (Lipinski definition) is 5. The van der Waals surface area contributed by atoms with Crippen LogP contribution in [-0.4, -0.2) is 18.4 Å². The molecule has 1 saturated heterocycles. The Morgan fingerprint density at radius 2 is 1.75 bits per heavy atom. The van der Waals surface area contributed by atoms with E-state index in [-0.39, 0.29) is 0 Å². The maximum atomic E-state index is 5.22. The van der Waals surface area contributed by atoms with Gasteiger partial charge in [0, 0.05) is 0 Å². The first-order valence-corrected chi connectivity index (χ1v) is 2.06. The summed E-state index contributed by atoms with van der Waals surface area (Å²) in [6.07, 6.45) is 0. The summed E-state index contributed by atoms with van der Waals surface area (Å²) in [6.45, 7) is 3.13.